The summed E-state index contributed by atoms with van der Waals surface area (Å²) in [5.41, 5.74) is 3.30. The molecule has 0 bridgehead atoms. The molecule has 0 aliphatic carbocycles. The van der Waals surface area contributed by atoms with Crippen LogP contribution in [0.5, 0.6) is 5.75 Å². The van der Waals surface area contributed by atoms with Gasteiger partial charge in [-0.05, 0) is 37.3 Å². The van der Waals surface area contributed by atoms with Crippen LogP contribution >= 0.6 is 23.2 Å². The van der Waals surface area contributed by atoms with E-state index in [0.29, 0.717) is 33.5 Å². The van der Waals surface area contributed by atoms with Crippen molar-refractivity contribution >= 4 is 41.2 Å². The smallest absolute Gasteiger partial charge is 0.259 e. The van der Waals surface area contributed by atoms with Crippen LogP contribution in [0, 0.1) is 0 Å². The Morgan fingerprint density at radius 2 is 1.88 bits per heavy atom. The lowest BCUT2D eigenvalue weighted by molar-refractivity contribution is -0.120. The van der Waals surface area contributed by atoms with E-state index >= 15 is 0 Å². The van der Waals surface area contributed by atoms with Gasteiger partial charge >= 0.3 is 0 Å². The number of nitrogens with one attached hydrogen (secondary N) is 2. The Morgan fingerprint density at radius 1 is 1.15 bits per heavy atom. The zero-order valence-corrected chi connectivity index (χ0v) is 15.5. The Kier molecular flexibility index (Phi) is 7.44. The van der Waals surface area contributed by atoms with Gasteiger partial charge in [-0.3, -0.25) is 9.59 Å². The first-order chi connectivity index (χ1) is 12.5. The molecule has 0 aromatic heterocycles. The number of benzene rings is 2. The van der Waals surface area contributed by atoms with Crippen LogP contribution in [0.4, 0.5) is 0 Å². The second kappa shape index (κ2) is 9.79. The van der Waals surface area contributed by atoms with Crippen LogP contribution in [0.2, 0.25) is 10.0 Å². The van der Waals surface area contributed by atoms with Gasteiger partial charge in [0, 0.05) is 11.1 Å². The van der Waals surface area contributed by atoms with E-state index in [-0.39, 0.29) is 12.5 Å². The lowest BCUT2D eigenvalue weighted by atomic mass is 10.2. The molecule has 26 heavy (non-hydrogen) atoms. The third-order valence-corrected chi connectivity index (χ3v) is 4.04. The Balaban J connectivity index is 1.81. The molecule has 0 unspecified atom stereocenters. The number of rotatable bonds is 7. The van der Waals surface area contributed by atoms with Crippen LogP contribution in [-0.4, -0.2) is 31.2 Å². The maximum absolute atomic E-state index is 12.0. The van der Waals surface area contributed by atoms with Gasteiger partial charge in [0.15, 0.2) is 0 Å². The maximum atomic E-state index is 12.0. The zero-order valence-electron chi connectivity index (χ0n) is 14.0. The molecular formula is C18H17Cl2N3O3. The monoisotopic (exact) mass is 393 g/mol. The molecule has 2 aromatic carbocycles. The van der Waals surface area contributed by atoms with Crippen molar-refractivity contribution in [3.8, 4) is 5.75 Å². The quantitative estimate of drug-likeness (QED) is 0.559. The van der Waals surface area contributed by atoms with Gasteiger partial charge < -0.3 is 10.1 Å². The highest BCUT2D eigenvalue weighted by Gasteiger charge is 2.08. The molecule has 2 amide bonds. The Morgan fingerprint density at radius 3 is 2.58 bits per heavy atom. The molecule has 2 aromatic rings. The summed E-state index contributed by atoms with van der Waals surface area (Å²) in [6, 6.07) is 11.7. The number of amides is 2. The minimum absolute atomic E-state index is 0.216. The fraction of sp³-hybridized carbons (Fsp3) is 0.167. The van der Waals surface area contributed by atoms with Crippen molar-refractivity contribution in [3.05, 3.63) is 63.6 Å². The lowest BCUT2D eigenvalue weighted by Crippen LogP contribution is -2.34. The number of ether oxygens (including phenoxy) is 1. The van der Waals surface area contributed by atoms with E-state index in [0.717, 1.165) is 0 Å². The second-order valence-electron chi connectivity index (χ2n) is 5.08. The molecule has 2 rings (SSSR count). The van der Waals surface area contributed by atoms with Crippen molar-refractivity contribution in [2.45, 2.75) is 6.92 Å². The van der Waals surface area contributed by atoms with Gasteiger partial charge in [-0.1, -0.05) is 35.3 Å². The van der Waals surface area contributed by atoms with Crippen molar-refractivity contribution in [1.29, 1.82) is 0 Å². The molecule has 8 heteroatoms. The highest BCUT2D eigenvalue weighted by Crippen LogP contribution is 2.24. The van der Waals surface area contributed by atoms with E-state index in [4.69, 9.17) is 27.9 Å². The second-order valence-corrected chi connectivity index (χ2v) is 5.86. The van der Waals surface area contributed by atoms with Crippen molar-refractivity contribution in [2.75, 3.05) is 13.2 Å². The van der Waals surface area contributed by atoms with Gasteiger partial charge in [0.05, 0.1) is 29.4 Å². The normalized spacial score (nSPS) is 10.6. The summed E-state index contributed by atoms with van der Waals surface area (Å²) in [4.78, 5) is 23.7. The largest absolute Gasteiger partial charge is 0.494 e. The summed E-state index contributed by atoms with van der Waals surface area (Å²) in [6.45, 7) is 2.21. The molecule has 0 heterocycles. The summed E-state index contributed by atoms with van der Waals surface area (Å²) in [6.07, 6.45) is 1.38. The van der Waals surface area contributed by atoms with E-state index in [1.165, 1.54) is 6.21 Å². The zero-order chi connectivity index (χ0) is 18.9. The van der Waals surface area contributed by atoms with Crippen LogP contribution in [0.25, 0.3) is 0 Å². The van der Waals surface area contributed by atoms with E-state index in [2.05, 4.69) is 15.8 Å². The molecule has 0 spiro atoms. The molecule has 0 saturated carbocycles. The molecule has 0 radical (unpaired) electrons. The number of carbonyl (C=O) groups excluding carboxylic acids is 2. The molecule has 0 saturated heterocycles. The Labute approximate surface area is 161 Å². The molecule has 0 aliphatic rings. The maximum Gasteiger partial charge on any atom is 0.259 e. The highest BCUT2D eigenvalue weighted by molar-refractivity contribution is 6.43. The highest BCUT2D eigenvalue weighted by atomic mass is 35.5. The van der Waals surface area contributed by atoms with Crippen LogP contribution in [0.3, 0.4) is 0 Å². The number of hydrazone groups is 1. The SMILES string of the molecule is CCOc1ccc(C(=O)NCC(=O)NN=Cc2cccc(Cl)c2Cl)cc1. The number of nitrogens with zero attached hydrogens (tertiary/aromatic N) is 1. The van der Waals surface area contributed by atoms with E-state index in [1.54, 1.807) is 42.5 Å². The summed E-state index contributed by atoms with van der Waals surface area (Å²) in [7, 11) is 0. The van der Waals surface area contributed by atoms with Crippen LogP contribution in [-0.2, 0) is 4.79 Å². The lowest BCUT2D eigenvalue weighted by Gasteiger charge is -2.06. The average molecular weight is 394 g/mol. The Bertz CT molecular complexity index is 808. The third kappa shape index (κ3) is 5.75. The molecule has 0 fully saturated rings. The van der Waals surface area contributed by atoms with Gasteiger partial charge in [-0.25, -0.2) is 5.43 Å². The topological polar surface area (TPSA) is 79.8 Å². The van der Waals surface area contributed by atoms with E-state index in [1.807, 2.05) is 6.92 Å². The van der Waals surface area contributed by atoms with Crippen molar-refractivity contribution in [3.63, 3.8) is 0 Å². The summed E-state index contributed by atoms with van der Waals surface area (Å²) >= 11 is 11.9. The standard InChI is InChI=1S/C18H17Cl2N3O3/c1-2-26-14-8-6-12(7-9-14)18(25)21-11-16(24)23-22-10-13-4-3-5-15(19)17(13)20/h3-10H,2,11H2,1H3,(H,21,25)(H,23,24). The molecule has 136 valence electrons. The van der Waals surface area contributed by atoms with Gasteiger partial charge in [0.1, 0.15) is 5.75 Å². The van der Waals surface area contributed by atoms with Crippen molar-refractivity contribution < 1.29 is 14.3 Å². The van der Waals surface area contributed by atoms with Crippen LogP contribution in [0.15, 0.2) is 47.6 Å². The third-order valence-electron chi connectivity index (χ3n) is 3.21. The average Bonchev–Trinajstić information content (AvgIpc) is 2.64. The van der Waals surface area contributed by atoms with Gasteiger partial charge in [-0.15, -0.1) is 0 Å². The van der Waals surface area contributed by atoms with E-state index in [9.17, 15) is 9.59 Å². The van der Waals surface area contributed by atoms with Crippen molar-refractivity contribution in [2.24, 2.45) is 5.10 Å². The predicted octanol–water partition coefficient (Wildman–Crippen LogP) is 3.27. The van der Waals surface area contributed by atoms with Gasteiger partial charge in [0.2, 0.25) is 0 Å². The van der Waals surface area contributed by atoms with E-state index < -0.39 is 5.91 Å². The molecular weight excluding hydrogens is 377 g/mol. The first kappa shape index (κ1) is 19.8. The van der Waals surface area contributed by atoms with Gasteiger partial charge in [-0.2, -0.15) is 5.10 Å². The number of carbonyl (C=O) groups is 2. The summed E-state index contributed by atoms with van der Waals surface area (Å²) < 4.78 is 5.31. The first-order valence-corrected chi connectivity index (χ1v) is 8.54. The minimum Gasteiger partial charge on any atom is -0.494 e. The summed E-state index contributed by atoms with van der Waals surface area (Å²) in [5, 5.41) is 7.03. The predicted molar refractivity (Wildman–Crippen MR) is 102 cm³/mol. The Hall–Kier alpha value is -2.57. The minimum atomic E-state index is -0.473. The van der Waals surface area contributed by atoms with Gasteiger partial charge in [0.25, 0.3) is 11.8 Å². The fourth-order valence-corrected chi connectivity index (χ4v) is 2.32. The molecule has 6 nitrogen and oxygen atoms in total. The number of hydrogen-bond donors (Lipinski definition) is 2. The van der Waals surface area contributed by atoms with Crippen LogP contribution < -0.4 is 15.5 Å². The van der Waals surface area contributed by atoms with Crippen LogP contribution in [0.1, 0.15) is 22.8 Å². The number of hydrogen-bond acceptors (Lipinski definition) is 4. The first-order valence-electron chi connectivity index (χ1n) is 7.78. The summed E-state index contributed by atoms with van der Waals surface area (Å²) in [5.74, 6) is -0.167. The number of halogens is 2. The van der Waals surface area contributed by atoms with Crippen molar-refractivity contribution in [1.82, 2.24) is 10.7 Å². The molecule has 0 aliphatic heterocycles. The molecule has 0 atom stereocenters. The fourth-order valence-electron chi connectivity index (χ4n) is 1.97. The molecule has 2 N–H and O–H groups in total.